The zero-order valence-electron chi connectivity index (χ0n) is 11.9. The van der Waals surface area contributed by atoms with Crippen molar-refractivity contribution in [3.63, 3.8) is 0 Å². The monoisotopic (exact) mass is 261 g/mol. The molecule has 3 heteroatoms. The van der Waals surface area contributed by atoms with E-state index in [1.54, 1.807) is 7.11 Å². The molecule has 3 nitrogen and oxygen atoms in total. The Morgan fingerprint density at radius 3 is 2.21 bits per heavy atom. The molecule has 104 valence electrons. The maximum Gasteiger partial charge on any atom is 0.253 e. The minimum Gasteiger partial charge on any atom is -0.497 e. The summed E-state index contributed by atoms with van der Waals surface area (Å²) in [6, 6.07) is 7.77. The fraction of sp³-hybridized carbons (Fsp3) is 0.562. The SMILES string of the molecule is COc1ccc(C(=O)N(C)C2CCCCCC2)cc1. The van der Waals surface area contributed by atoms with Crippen molar-refractivity contribution in [1.82, 2.24) is 4.90 Å². The van der Waals surface area contributed by atoms with Gasteiger partial charge in [0.1, 0.15) is 5.75 Å². The van der Waals surface area contributed by atoms with Crippen LogP contribution in [0.4, 0.5) is 0 Å². The third-order valence-electron chi connectivity index (χ3n) is 4.03. The molecular weight excluding hydrogens is 238 g/mol. The van der Waals surface area contributed by atoms with Crippen LogP contribution in [-0.2, 0) is 0 Å². The van der Waals surface area contributed by atoms with Gasteiger partial charge in [-0.15, -0.1) is 0 Å². The summed E-state index contributed by atoms with van der Waals surface area (Å²) >= 11 is 0. The molecule has 1 aliphatic carbocycles. The molecule has 0 atom stereocenters. The molecule has 19 heavy (non-hydrogen) atoms. The molecule has 0 unspecified atom stereocenters. The van der Waals surface area contributed by atoms with E-state index in [0.29, 0.717) is 6.04 Å². The summed E-state index contributed by atoms with van der Waals surface area (Å²) in [7, 11) is 3.57. The van der Waals surface area contributed by atoms with Gasteiger partial charge < -0.3 is 9.64 Å². The Morgan fingerprint density at radius 2 is 1.68 bits per heavy atom. The Hall–Kier alpha value is -1.51. The molecule has 1 aromatic rings. The number of benzene rings is 1. The number of nitrogens with zero attached hydrogens (tertiary/aromatic N) is 1. The molecule has 0 radical (unpaired) electrons. The van der Waals surface area contributed by atoms with Gasteiger partial charge in [-0.05, 0) is 37.1 Å². The average molecular weight is 261 g/mol. The van der Waals surface area contributed by atoms with E-state index in [1.165, 1.54) is 25.7 Å². The maximum absolute atomic E-state index is 12.4. The standard InChI is InChI=1S/C16H23NO2/c1-17(14-7-5-3-4-6-8-14)16(18)13-9-11-15(19-2)12-10-13/h9-12,14H,3-8H2,1-2H3. The van der Waals surface area contributed by atoms with E-state index in [-0.39, 0.29) is 5.91 Å². The molecule has 0 heterocycles. The highest BCUT2D eigenvalue weighted by atomic mass is 16.5. The van der Waals surface area contributed by atoms with Crippen molar-refractivity contribution in [1.29, 1.82) is 0 Å². The number of carbonyl (C=O) groups is 1. The molecule has 1 fully saturated rings. The van der Waals surface area contributed by atoms with Crippen molar-refractivity contribution in [2.45, 2.75) is 44.6 Å². The van der Waals surface area contributed by atoms with Crippen LogP contribution < -0.4 is 4.74 Å². The summed E-state index contributed by atoms with van der Waals surface area (Å²) in [6.45, 7) is 0. The third kappa shape index (κ3) is 3.49. The van der Waals surface area contributed by atoms with Crippen molar-refractivity contribution >= 4 is 5.91 Å². The van der Waals surface area contributed by atoms with E-state index in [9.17, 15) is 4.79 Å². The highest BCUT2D eigenvalue weighted by Crippen LogP contribution is 2.22. The van der Waals surface area contributed by atoms with E-state index >= 15 is 0 Å². The zero-order chi connectivity index (χ0) is 13.7. The van der Waals surface area contributed by atoms with E-state index < -0.39 is 0 Å². The average Bonchev–Trinajstić information content (AvgIpc) is 2.75. The highest BCUT2D eigenvalue weighted by Gasteiger charge is 2.22. The van der Waals surface area contributed by atoms with Crippen LogP contribution in [0.1, 0.15) is 48.9 Å². The molecule has 2 rings (SSSR count). The summed E-state index contributed by atoms with van der Waals surface area (Å²) in [5, 5.41) is 0. The molecule has 0 spiro atoms. The van der Waals surface area contributed by atoms with E-state index in [0.717, 1.165) is 24.2 Å². The summed E-state index contributed by atoms with van der Waals surface area (Å²) in [6.07, 6.45) is 7.37. The number of ether oxygens (including phenoxy) is 1. The fourth-order valence-electron chi connectivity index (χ4n) is 2.75. The van der Waals surface area contributed by atoms with Gasteiger partial charge in [0, 0.05) is 18.7 Å². The number of rotatable bonds is 3. The van der Waals surface area contributed by atoms with Gasteiger partial charge >= 0.3 is 0 Å². The van der Waals surface area contributed by atoms with Crippen molar-refractivity contribution in [3.8, 4) is 5.75 Å². The molecule has 0 aromatic heterocycles. The Balaban J connectivity index is 2.04. The highest BCUT2D eigenvalue weighted by molar-refractivity contribution is 5.94. The molecule has 1 amide bonds. The number of methoxy groups -OCH3 is 1. The quantitative estimate of drug-likeness (QED) is 0.779. The van der Waals surface area contributed by atoms with Crippen LogP contribution >= 0.6 is 0 Å². The summed E-state index contributed by atoms with van der Waals surface area (Å²) in [4.78, 5) is 14.4. The second kappa shape index (κ2) is 6.60. The summed E-state index contributed by atoms with van der Waals surface area (Å²) in [5.74, 6) is 0.906. The van der Waals surface area contributed by atoms with Gasteiger partial charge in [0.15, 0.2) is 0 Å². The molecule has 1 aromatic carbocycles. The normalized spacial score (nSPS) is 16.7. The van der Waals surface area contributed by atoms with Crippen LogP contribution in [0.2, 0.25) is 0 Å². The summed E-state index contributed by atoms with van der Waals surface area (Å²) < 4.78 is 5.12. The van der Waals surface area contributed by atoms with Gasteiger partial charge in [-0.1, -0.05) is 25.7 Å². The van der Waals surface area contributed by atoms with Crippen LogP contribution in [0.25, 0.3) is 0 Å². The number of hydrogen-bond donors (Lipinski definition) is 0. The van der Waals surface area contributed by atoms with Crippen LogP contribution in [0, 0.1) is 0 Å². The Morgan fingerprint density at radius 1 is 1.11 bits per heavy atom. The smallest absolute Gasteiger partial charge is 0.253 e. The number of carbonyl (C=O) groups excluding carboxylic acids is 1. The predicted molar refractivity (Wildman–Crippen MR) is 76.6 cm³/mol. The van der Waals surface area contributed by atoms with Crippen LogP contribution in [0.3, 0.4) is 0 Å². The lowest BCUT2D eigenvalue weighted by Crippen LogP contribution is -2.36. The van der Waals surface area contributed by atoms with Crippen molar-refractivity contribution in [2.24, 2.45) is 0 Å². The maximum atomic E-state index is 12.4. The van der Waals surface area contributed by atoms with Gasteiger partial charge in [-0.3, -0.25) is 4.79 Å². The third-order valence-corrected chi connectivity index (χ3v) is 4.03. The minimum atomic E-state index is 0.120. The first-order chi connectivity index (χ1) is 9.22. The van der Waals surface area contributed by atoms with E-state index in [2.05, 4.69) is 0 Å². The van der Waals surface area contributed by atoms with Gasteiger partial charge in [0.05, 0.1) is 7.11 Å². The Bertz CT molecular complexity index is 405. The van der Waals surface area contributed by atoms with Crippen molar-refractivity contribution < 1.29 is 9.53 Å². The lowest BCUT2D eigenvalue weighted by Gasteiger charge is -2.27. The zero-order valence-corrected chi connectivity index (χ0v) is 11.9. The fourth-order valence-corrected chi connectivity index (χ4v) is 2.75. The van der Waals surface area contributed by atoms with Crippen LogP contribution in [-0.4, -0.2) is 31.0 Å². The van der Waals surface area contributed by atoms with E-state index in [4.69, 9.17) is 4.74 Å². The molecule has 0 saturated heterocycles. The first-order valence-electron chi connectivity index (χ1n) is 7.13. The number of hydrogen-bond acceptors (Lipinski definition) is 2. The van der Waals surface area contributed by atoms with Crippen LogP contribution in [0.5, 0.6) is 5.75 Å². The van der Waals surface area contributed by atoms with Gasteiger partial charge in [-0.25, -0.2) is 0 Å². The molecular formula is C16H23NO2. The van der Waals surface area contributed by atoms with E-state index in [1.807, 2.05) is 36.2 Å². The van der Waals surface area contributed by atoms with Crippen LogP contribution in [0.15, 0.2) is 24.3 Å². The summed E-state index contributed by atoms with van der Waals surface area (Å²) in [5.41, 5.74) is 0.743. The van der Waals surface area contributed by atoms with Gasteiger partial charge in [-0.2, -0.15) is 0 Å². The van der Waals surface area contributed by atoms with Gasteiger partial charge in [0.2, 0.25) is 0 Å². The molecule has 1 saturated carbocycles. The second-order valence-corrected chi connectivity index (χ2v) is 5.29. The Kier molecular flexibility index (Phi) is 4.83. The van der Waals surface area contributed by atoms with Crippen molar-refractivity contribution in [2.75, 3.05) is 14.2 Å². The van der Waals surface area contributed by atoms with Crippen molar-refractivity contribution in [3.05, 3.63) is 29.8 Å². The van der Waals surface area contributed by atoms with Gasteiger partial charge in [0.25, 0.3) is 5.91 Å². The first-order valence-corrected chi connectivity index (χ1v) is 7.13. The predicted octanol–water partition coefficient (Wildman–Crippen LogP) is 3.49. The molecule has 0 N–H and O–H groups in total. The topological polar surface area (TPSA) is 29.5 Å². The molecule has 0 aliphatic heterocycles. The Labute approximate surface area is 115 Å². The second-order valence-electron chi connectivity index (χ2n) is 5.29. The minimum absolute atomic E-state index is 0.120. The number of amides is 1. The first kappa shape index (κ1) is 13.9. The lowest BCUT2D eigenvalue weighted by atomic mass is 10.1. The molecule has 1 aliphatic rings. The lowest BCUT2D eigenvalue weighted by molar-refractivity contribution is 0.0717. The largest absolute Gasteiger partial charge is 0.497 e. The molecule has 0 bridgehead atoms.